The largest absolute Gasteiger partial charge is 0.401 e. The summed E-state index contributed by atoms with van der Waals surface area (Å²) in [5.41, 5.74) is 0. The molecule has 18 heavy (non-hydrogen) atoms. The molecule has 0 radical (unpaired) electrons. The summed E-state index contributed by atoms with van der Waals surface area (Å²) < 4.78 is 37.6. The second kappa shape index (κ2) is 5.37. The first-order chi connectivity index (χ1) is 8.35. The van der Waals surface area contributed by atoms with Gasteiger partial charge in [0.15, 0.2) is 0 Å². The third-order valence-corrected chi connectivity index (χ3v) is 4.12. The Bertz CT molecular complexity index is 278. The lowest BCUT2D eigenvalue weighted by Crippen LogP contribution is -2.43. The first-order valence-electron chi connectivity index (χ1n) is 6.84. The molecule has 0 bridgehead atoms. The van der Waals surface area contributed by atoms with Gasteiger partial charge in [-0.1, -0.05) is 6.92 Å². The summed E-state index contributed by atoms with van der Waals surface area (Å²) in [6.45, 7) is 1.69. The Morgan fingerprint density at radius 2 is 1.83 bits per heavy atom. The third kappa shape index (κ3) is 4.12. The fourth-order valence-corrected chi connectivity index (χ4v) is 2.99. The Morgan fingerprint density at radius 3 is 2.39 bits per heavy atom. The van der Waals surface area contributed by atoms with Crippen LogP contribution in [0.3, 0.4) is 0 Å². The smallest absolute Gasteiger partial charge is 0.393 e. The van der Waals surface area contributed by atoms with Gasteiger partial charge in [0.1, 0.15) is 0 Å². The average molecular weight is 265 g/mol. The summed E-state index contributed by atoms with van der Waals surface area (Å²) in [6.07, 6.45) is -0.244. The van der Waals surface area contributed by atoms with Crippen LogP contribution < -0.4 is 0 Å². The fourth-order valence-electron chi connectivity index (χ4n) is 2.99. The van der Waals surface area contributed by atoms with Gasteiger partial charge in [-0.2, -0.15) is 13.2 Å². The number of rotatable bonds is 4. The van der Waals surface area contributed by atoms with Gasteiger partial charge in [0, 0.05) is 12.6 Å². The van der Waals surface area contributed by atoms with Gasteiger partial charge in [0.25, 0.3) is 0 Å². The molecule has 0 aromatic carbocycles. The molecule has 5 heteroatoms. The van der Waals surface area contributed by atoms with Crippen LogP contribution in [0.2, 0.25) is 0 Å². The van der Waals surface area contributed by atoms with E-state index < -0.39 is 18.8 Å². The summed E-state index contributed by atoms with van der Waals surface area (Å²) in [5, 5.41) is 9.93. The topological polar surface area (TPSA) is 23.5 Å². The number of halogens is 3. The lowest BCUT2D eigenvalue weighted by atomic mass is 9.80. The highest BCUT2D eigenvalue weighted by atomic mass is 19.4. The Kier molecular flexibility index (Phi) is 4.22. The predicted molar refractivity (Wildman–Crippen MR) is 63.2 cm³/mol. The van der Waals surface area contributed by atoms with Crippen molar-refractivity contribution >= 4 is 0 Å². The minimum absolute atomic E-state index is 0.0108. The van der Waals surface area contributed by atoms with Crippen molar-refractivity contribution in [3.63, 3.8) is 0 Å². The van der Waals surface area contributed by atoms with E-state index in [2.05, 4.69) is 6.92 Å². The molecule has 0 aliphatic heterocycles. The third-order valence-electron chi connectivity index (χ3n) is 4.12. The van der Waals surface area contributed by atoms with Crippen molar-refractivity contribution in [2.45, 2.75) is 57.3 Å². The van der Waals surface area contributed by atoms with E-state index in [0.717, 1.165) is 32.1 Å². The molecule has 0 heterocycles. The van der Waals surface area contributed by atoms with E-state index in [1.165, 1.54) is 4.90 Å². The number of aliphatic hydroxyl groups is 1. The number of hydrogen-bond acceptors (Lipinski definition) is 2. The highest BCUT2D eigenvalue weighted by Gasteiger charge is 2.40. The van der Waals surface area contributed by atoms with Gasteiger partial charge >= 0.3 is 6.18 Å². The predicted octanol–water partition coefficient (Wildman–Crippen LogP) is 2.81. The molecule has 2 nitrogen and oxygen atoms in total. The van der Waals surface area contributed by atoms with E-state index in [0.29, 0.717) is 12.5 Å². The first-order valence-corrected chi connectivity index (χ1v) is 6.84. The zero-order chi connectivity index (χ0) is 13.3. The summed E-state index contributed by atoms with van der Waals surface area (Å²) in [6, 6.07) is 0.0936. The van der Waals surface area contributed by atoms with Crippen LogP contribution in [0, 0.1) is 11.8 Å². The molecule has 106 valence electrons. The second-order valence-corrected chi connectivity index (χ2v) is 6.02. The van der Waals surface area contributed by atoms with Crippen LogP contribution in [0.25, 0.3) is 0 Å². The molecule has 2 aliphatic carbocycles. The average Bonchev–Trinajstić information content (AvgIpc) is 3.04. The molecule has 1 N–H and O–H groups in total. The van der Waals surface area contributed by atoms with Crippen molar-refractivity contribution in [1.82, 2.24) is 4.90 Å². The molecule has 3 unspecified atom stereocenters. The molecule has 3 atom stereocenters. The molecule has 0 aromatic heterocycles. The summed E-state index contributed by atoms with van der Waals surface area (Å²) >= 11 is 0. The van der Waals surface area contributed by atoms with Crippen molar-refractivity contribution in [1.29, 1.82) is 0 Å². The standard InChI is InChI=1S/C13H22F3NO/c1-9-2-5-12(18)10(6-9)7-17(11-3-4-11)8-13(14,15)16/h9-12,18H,2-8H2,1H3. The molecular weight excluding hydrogens is 243 g/mol. The van der Waals surface area contributed by atoms with Gasteiger partial charge in [-0.05, 0) is 43.9 Å². The van der Waals surface area contributed by atoms with Gasteiger partial charge < -0.3 is 5.11 Å². The molecule has 2 fully saturated rings. The molecule has 2 aliphatic rings. The van der Waals surface area contributed by atoms with E-state index in [-0.39, 0.29) is 12.0 Å². The zero-order valence-corrected chi connectivity index (χ0v) is 10.8. The van der Waals surface area contributed by atoms with E-state index in [4.69, 9.17) is 0 Å². The van der Waals surface area contributed by atoms with Crippen LogP contribution >= 0.6 is 0 Å². The molecule has 0 aromatic rings. The molecule has 0 saturated heterocycles. The summed E-state index contributed by atoms with van der Waals surface area (Å²) in [7, 11) is 0. The Morgan fingerprint density at radius 1 is 1.17 bits per heavy atom. The normalized spacial score (nSPS) is 34.0. The van der Waals surface area contributed by atoms with E-state index >= 15 is 0 Å². The maximum absolute atomic E-state index is 12.5. The molecule has 0 spiro atoms. The Hall–Kier alpha value is -0.290. The molecular formula is C13H22F3NO. The van der Waals surface area contributed by atoms with Crippen LogP contribution in [0.1, 0.15) is 39.0 Å². The van der Waals surface area contributed by atoms with Gasteiger partial charge in [0.05, 0.1) is 12.6 Å². The SMILES string of the molecule is CC1CCC(O)C(CN(CC(F)(F)F)C2CC2)C1. The van der Waals surface area contributed by atoms with Crippen molar-refractivity contribution in [2.24, 2.45) is 11.8 Å². The van der Waals surface area contributed by atoms with Crippen LogP contribution in [0.4, 0.5) is 13.2 Å². The lowest BCUT2D eigenvalue weighted by molar-refractivity contribution is -0.150. The maximum Gasteiger partial charge on any atom is 0.401 e. The highest BCUT2D eigenvalue weighted by Crippen LogP contribution is 2.35. The van der Waals surface area contributed by atoms with Gasteiger partial charge in [-0.3, -0.25) is 4.90 Å². The number of hydrogen-bond donors (Lipinski definition) is 1. The Balaban J connectivity index is 1.91. The minimum Gasteiger partial charge on any atom is -0.393 e. The lowest BCUT2D eigenvalue weighted by Gasteiger charge is -2.35. The zero-order valence-electron chi connectivity index (χ0n) is 10.8. The molecule has 2 saturated carbocycles. The van der Waals surface area contributed by atoms with Crippen molar-refractivity contribution in [3.05, 3.63) is 0 Å². The fraction of sp³-hybridized carbons (Fsp3) is 1.00. The van der Waals surface area contributed by atoms with E-state index in [1.807, 2.05) is 0 Å². The van der Waals surface area contributed by atoms with Crippen LogP contribution in [0.15, 0.2) is 0 Å². The van der Waals surface area contributed by atoms with Crippen LogP contribution in [-0.2, 0) is 0 Å². The quantitative estimate of drug-likeness (QED) is 0.845. The molecule has 2 rings (SSSR count). The molecule has 0 amide bonds. The van der Waals surface area contributed by atoms with E-state index in [9.17, 15) is 18.3 Å². The summed E-state index contributed by atoms with van der Waals surface area (Å²) in [4.78, 5) is 1.53. The van der Waals surface area contributed by atoms with Crippen LogP contribution in [-0.4, -0.2) is 41.4 Å². The first kappa shape index (κ1) is 14.1. The minimum atomic E-state index is -4.13. The summed E-state index contributed by atoms with van der Waals surface area (Å²) in [5.74, 6) is 0.530. The number of nitrogens with zero attached hydrogens (tertiary/aromatic N) is 1. The number of alkyl halides is 3. The van der Waals surface area contributed by atoms with Crippen LogP contribution in [0.5, 0.6) is 0 Å². The van der Waals surface area contributed by atoms with Crippen molar-refractivity contribution in [3.8, 4) is 0 Å². The highest BCUT2D eigenvalue weighted by molar-refractivity contribution is 4.89. The van der Waals surface area contributed by atoms with Crippen molar-refractivity contribution < 1.29 is 18.3 Å². The van der Waals surface area contributed by atoms with Crippen molar-refractivity contribution in [2.75, 3.05) is 13.1 Å². The van der Waals surface area contributed by atoms with Gasteiger partial charge in [-0.25, -0.2) is 0 Å². The number of aliphatic hydroxyl groups excluding tert-OH is 1. The van der Waals surface area contributed by atoms with E-state index in [1.54, 1.807) is 0 Å². The Labute approximate surface area is 106 Å². The van der Waals surface area contributed by atoms with Gasteiger partial charge in [-0.15, -0.1) is 0 Å². The maximum atomic E-state index is 12.5. The monoisotopic (exact) mass is 265 g/mol. The second-order valence-electron chi connectivity index (χ2n) is 6.02. The van der Waals surface area contributed by atoms with Gasteiger partial charge in [0.2, 0.25) is 0 Å².